The molecule has 0 aromatic carbocycles. The highest BCUT2D eigenvalue weighted by molar-refractivity contribution is 5.95. The number of furan rings is 1. The second-order valence-electron chi connectivity index (χ2n) is 8.35. The lowest BCUT2D eigenvalue weighted by Gasteiger charge is -2.40. The number of aryl methyl sites for hydroxylation is 1. The number of hydrogen-bond donors (Lipinski definition) is 3. The van der Waals surface area contributed by atoms with Crippen molar-refractivity contribution in [1.29, 1.82) is 0 Å². The van der Waals surface area contributed by atoms with Gasteiger partial charge in [0.05, 0.1) is 6.26 Å². The van der Waals surface area contributed by atoms with Crippen molar-refractivity contribution in [2.24, 2.45) is 0 Å². The second-order valence-corrected chi connectivity index (χ2v) is 8.35. The molecule has 1 fully saturated rings. The van der Waals surface area contributed by atoms with E-state index in [-0.39, 0.29) is 17.7 Å². The van der Waals surface area contributed by atoms with Crippen molar-refractivity contribution >= 4 is 23.8 Å². The Balaban J connectivity index is 0.000000473. The molecule has 40 heavy (non-hydrogen) atoms. The number of piperidine rings is 1. The molecular formula is C23H25F6N3O8. The van der Waals surface area contributed by atoms with E-state index in [0.717, 1.165) is 11.1 Å². The number of likely N-dealkylation sites (tertiary alicyclic amines) is 1. The van der Waals surface area contributed by atoms with Crippen LogP contribution in [0.5, 0.6) is 0 Å². The van der Waals surface area contributed by atoms with Crippen molar-refractivity contribution in [3.63, 3.8) is 0 Å². The highest BCUT2D eigenvalue weighted by Gasteiger charge is 2.40. The molecule has 3 N–H and O–H groups in total. The molecule has 0 saturated carbocycles. The van der Waals surface area contributed by atoms with Crippen LogP contribution in [0.2, 0.25) is 0 Å². The Kier molecular flexibility index (Phi) is 12.1. The van der Waals surface area contributed by atoms with Crippen LogP contribution in [-0.2, 0) is 20.9 Å². The van der Waals surface area contributed by atoms with Gasteiger partial charge in [0.1, 0.15) is 6.04 Å². The zero-order valence-electron chi connectivity index (χ0n) is 20.9. The first-order valence-electron chi connectivity index (χ1n) is 11.1. The molecule has 2 atom stereocenters. The van der Waals surface area contributed by atoms with Gasteiger partial charge in [-0.1, -0.05) is 6.07 Å². The highest BCUT2D eigenvalue weighted by atomic mass is 19.4. The average molecular weight is 585 g/mol. The van der Waals surface area contributed by atoms with Gasteiger partial charge in [-0.2, -0.15) is 26.3 Å². The van der Waals surface area contributed by atoms with E-state index >= 15 is 0 Å². The number of nitrogens with zero attached hydrogens (tertiary/aromatic N) is 3. The van der Waals surface area contributed by atoms with Crippen LogP contribution >= 0.6 is 0 Å². The van der Waals surface area contributed by atoms with Crippen molar-refractivity contribution in [2.45, 2.75) is 50.7 Å². The van der Waals surface area contributed by atoms with Crippen LogP contribution in [0.15, 0.2) is 41.3 Å². The van der Waals surface area contributed by atoms with Gasteiger partial charge in [0.15, 0.2) is 5.76 Å². The van der Waals surface area contributed by atoms with Crippen molar-refractivity contribution < 1.29 is 65.3 Å². The molecule has 1 aliphatic rings. The number of hydrogen-bond acceptors (Lipinski definition) is 7. The summed E-state index contributed by atoms with van der Waals surface area (Å²) in [5, 5.41) is 23.9. The SMILES string of the molecule is Cc1ccoc1C(=O)N1CCC(N(C)Cc2cccnc2)CC1C(=O)O.O=C(O)C(F)(F)F.O=C(O)C(F)(F)F. The molecule has 1 amide bonds. The summed E-state index contributed by atoms with van der Waals surface area (Å²) in [6.45, 7) is 2.86. The minimum absolute atomic E-state index is 0.0815. The summed E-state index contributed by atoms with van der Waals surface area (Å²) < 4.78 is 68.7. The lowest BCUT2D eigenvalue weighted by Crippen LogP contribution is -2.54. The Labute approximate surface area is 222 Å². The zero-order valence-corrected chi connectivity index (χ0v) is 20.9. The summed E-state index contributed by atoms with van der Waals surface area (Å²) in [5.74, 6) is -6.63. The quantitative estimate of drug-likeness (QED) is 0.444. The van der Waals surface area contributed by atoms with Gasteiger partial charge < -0.3 is 24.6 Å². The monoisotopic (exact) mass is 585 g/mol. The molecule has 17 heteroatoms. The summed E-state index contributed by atoms with van der Waals surface area (Å²) in [6.07, 6.45) is -4.08. The predicted molar refractivity (Wildman–Crippen MR) is 122 cm³/mol. The molecule has 2 unspecified atom stereocenters. The number of carbonyl (C=O) groups excluding carboxylic acids is 1. The number of aliphatic carboxylic acids is 3. The molecule has 0 radical (unpaired) electrons. The number of alkyl halides is 6. The van der Waals surface area contributed by atoms with E-state index in [1.807, 2.05) is 25.4 Å². The summed E-state index contributed by atoms with van der Waals surface area (Å²) in [5.41, 5.74) is 1.79. The Bertz CT molecular complexity index is 1130. The van der Waals surface area contributed by atoms with E-state index in [1.165, 1.54) is 11.2 Å². The zero-order chi connectivity index (χ0) is 30.8. The van der Waals surface area contributed by atoms with Crippen molar-refractivity contribution in [3.8, 4) is 0 Å². The Morgan fingerprint density at radius 1 is 1.05 bits per heavy atom. The van der Waals surface area contributed by atoms with Gasteiger partial charge in [0.2, 0.25) is 0 Å². The summed E-state index contributed by atoms with van der Waals surface area (Å²) in [4.78, 5) is 50.0. The molecule has 1 saturated heterocycles. The topological polar surface area (TPSA) is 161 Å². The molecule has 11 nitrogen and oxygen atoms in total. The van der Waals surface area contributed by atoms with Gasteiger partial charge >= 0.3 is 30.3 Å². The number of pyridine rings is 1. The maximum atomic E-state index is 12.7. The number of rotatable bonds is 5. The van der Waals surface area contributed by atoms with Crippen LogP contribution < -0.4 is 0 Å². The minimum Gasteiger partial charge on any atom is -0.480 e. The Morgan fingerprint density at radius 3 is 2.00 bits per heavy atom. The highest BCUT2D eigenvalue weighted by Crippen LogP contribution is 2.25. The van der Waals surface area contributed by atoms with Crippen LogP contribution in [0.25, 0.3) is 0 Å². The smallest absolute Gasteiger partial charge is 0.480 e. The third kappa shape index (κ3) is 10.5. The predicted octanol–water partition coefficient (Wildman–Crippen LogP) is 3.44. The van der Waals surface area contributed by atoms with Gasteiger partial charge in [0.25, 0.3) is 5.91 Å². The molecule has 0 bridgehead atoms. The molecule has 222 valence electrons. The molecular weight excluding hydrogens is 560 g/mol. The van der Waals surface area contributed by atoms with Gasteiger partial charge in [-0.05, 0) is 44.5 Å². The fourth-order valence-corrected chi connectivity index (χ4v) is 3.46. The third-order valence-corrected chi connectivity index (χ3v) is 5.44. The van der Waals surface area contributed by atoms with Crippen molar-refractivity contribution in [1.82, 2.24) is 14.8 Å². The Morgan fingerprint density at radius 2 is 1.60 bits per heavy atom. The summed E-state index contributed by atoms with van der Waals surface area (Å²) in [7, 11) is 1.98. The van der Waals surface area contributed by atoms with Crippen LogP contribution in [0, 0.1) is 6.92 Å². The maximum Gasteiger partial charge on any atom is 0.490 e. The van der Waals surface area contributed by atoms with Crippen LogP contribution in [0.1, 0.15) is 34.5 Å². The van der Waals surface area contributed by atoms with E-state index < -0.39 is 36.3 Å². The lowest BCUT2D eigenvalue weighted by molar-refractivity contribution is -0.193. The number of amides is 1. The van der Waals surface area contributed by atoms with Crippen LogP contribution in [-0.4, -0.2) is 91.9 Å². The molecule has 2 aromatic heterocycles. The first-order chi connectivity index (χ1) is 18.4. The third-order valence-electron chi connectivity index (χ3n) is 5.44. The first-order valence-corrected chi connectivity index (χ1v) is 11.1. The van der Waals surface area contributed by atoms with Gasteiger partial charge in [-0.3, -0.25) is 14.7 Å². The molecule has 3 heterocycles. The molecule has 0 aliphatic carbocycles. The van der Waals surface area contributed by atoms with Gasteiger partial charge in [-0.25, -0.2) is 14.4 Å². The van der Waals surface area contributed by atoms with E-state index in [9.17, 15) is 41.0 Å². The maximum absolute atomic E-state index is 12.7. The second kappa shape index (κ2) is 14.3. The van der Waals surface area contributed by atoms with Gasteiger partial charge in [-0.15, -0.1) is 0 Å². The summed E-state index contributed by atoms with van der Waals surface area (Å²) in [6, 6.07) is 4.81. The Hall–Kier alpha value is -4.15. The average Bonchev–Trinajstić information content (AvgIpc) is 3.29. The van der Waals surface area contributed by atoms with E-state index in [4.69, 9.17) is 24.2 Å². The molecule has 3 rings (SSSR count). The molecule has 1 aliphatic heterocycles. The number of halogens is 6. The van der Waals surface area contributed by atoms with Crippen LogP contribution in [0.3, 0.4) is 0 Å². The number of carbonyl (C=O) groups is 4. The standard InChI is InChI=1S/C19H23N3O4.2C2HF3O2/c1-13-6-9-26-17(13)18(23)22-8-5-15(10-16(22)19(24)25)21(2)12-14-4-3-7-20-11-14;2*3-2(4,5)1(6)7/h3-4,6-7,9,11,15-16H,5,8,10,12H2,1-2H3,(H,24,25);2*(H,6,7). The number of carboxylic acid groups (broad SMARTS) is 3. The van der Waals surface area contributed by atoms with Crippen molar-refractivity contribution in [2.75, 3.05) is 13.6 Å². The fraction of sp³-hybridized carbons (Fsp3) is 0.435. The van der Waals surface area contributed by atoms with Crippen molar-refractivity contribution in [3.05, 3.63) is 53.7 Å². The fourth-order valence-electron chi connectivity index (χ4n) is 3.46. The number of aromatic nitrogens is 1. The first kappa shape index (κ1) is 33.9. The molecule has 0 spiro atoms. The normalized spacial score (nSPS) is 17.2. The summed E-state index contributed by atoms with van der Waals surface area (Å²) >= 11 is 0. The van der Waals surface area contributed by atoms with Crippen LogP contribution in [0.4, 0.5) is 26.3 Å². The number of carboxylic acids is 3. The lowest BCUT2D eigenvalue weighted by atomic mass is 9.95. The largest absolute Gasteiger partial charge is 0.490 e. The van der Waals surface area contributed by atoms with Gasteiger partial charge in [0, 0.05) is 37.1 Å². The minimum atomic E-state index is -5.08. The van der Waals surface area contributed by atoms with E-state index in [0.29, 0.717) is 25.9 Å². The molecule has 2 aromatic rings. The van der Waals surface area contributed by atoms with E-state index in [2.05, 4.69) is 9.88 Å². The van der Waals surface area contributed by atoms with E-state index in [1.54, 1.807) is 19.2 Å².